The molecule has 1 saturated heterocycles. The molecule has 1 amide bonds. The Bertz CT molecular complexity index is 1250. The van der Waals surface area contributed by atoms with Crippen molar-refractivity contribution in [1.29, 1.82) is 0 Å². The zero-order valence-corrected chi connectivity index (χ0v) is 21.1. The third kappa shape index (κ3) is 6.55. The predicted molar refractivity (Wildman–Crippen MR) is 126 cm³/mol. The van der Waals surface area contributed by atoms with Gasteiger partial charge in [-0.15, -0.1) is 11.6 Å². The number of nitrogens with zero attached hydrogens (tertiary/aromatic N) is 1. The number of halogens is 5. The number of nitrogens with one attached hydrogen (secondary N) is 4. The van der Waals surface area contributed by atoms with Crippen LogP contribution in [0.1, 0.15) is 29.8 Å². The van der Waals surface area contributed by atoms with Gasteiger partial charge in [-0.1, -0.05) is 6.07 Å². The number of carbonyl (C=O) groups is 1. The number of aryl methyl sites for hydroxylation is 1. The lowest BCUT2D eigenvalue weighted by molar-refractivity contribution is -0.189. The Morgan fingerprint density at radius 2 is 1.92 bits per heavy atom. The molecule has 198 valence electrons. The molecule has 0 spiro atoms. The van der Waals surface area contributed by atoms with Gasteiger partial charge < -0.3 is 10.1 Å². The van der Waals surface area contributed by atoms with Crippen molar-refractivity contribution in [1.82, 2.24) is 21.2 Å². The van der Waals surface area contributed by atoms with Crippen LogP contribution >= 0.6 is 11.6 Å². The van der Waals surface area contributed by atoms with E-state index in [0.29, 0.717) is 5.56 Å². The number of hydrazine groups is 1. The Hall–Kier alpha value is -2.68. The van der Waals surface area contributed by atoms with Gasteiger partial charge in [0, 0.05) is 11.6 Å². The highest BCUT2D eigenvalue weighted by Gasteiger charge is 2.39. The molecule has 1 aliphatic heterocycles. The summed E-state index contributed by atoms with van der Waals surface area (Å²) < 4.78 is 85.4. The molecule has 15 heteroatoms. The van der Waals surface area contributed by atoms with Gasteiger partial charge in [0.25, 0.3) is 5.91 Å². The number of sulfonamides is 1. The molecule has 0 bridgehead atoms. The second kappa shape index (κ2) is 10.4. The molecule has 36 heavy (non-hydrogen) atoms. The molecule has 2 heterocycles. The van der Waals surface area contributed by atoms with Crippen LogP contribution < -0.4 is 25.6 Å². The predicted octanol–water partition coefficient (Wildman–Crippen LogP) is 3.06. The van der Waals surface area contributed by atoms with E-state index in [-0.39, 0.29) is 23.1 Å². The lowest BCUT2D eigenvalue weighted by Gasteiger charge is -2.23. The molecule has 3 unspecified atom stereocenters. The number of alkyl halides is 4. The Morgan fingerprint density at radius 1 is 1.25 bits per heavy atom. The molecule has 0 radical (unpaired) electrons. The molecule has 0 aliphatic carbocycles. The number of benzene rings is 1. The molecule has 2 aromatic rings. The van der Waals surface area contributed by atoms with Gasteiger partial charge in [0.15, 0.2) is 6.10 Å². The Balaban J connectivity index is 2.07. The minimum absolute atomic E-state index is 0.0919. The third-order valence-corrected chi connectivity index (χ3v) is 6.28. The molecule has 0 saturated carbocycles. The maximum absolute atomic E-state index is 15.2. The van der Waals surface area contributed by atoms with E-state index in [0.717, 1.165) is 25.3 Å². The van der Waals surface area contributed by atoms with Crippen molar-refractivity contribution >= 4 is 33.3 Å². The summed E-state index contributed by atoms with van der Waals surface area (Å²) in [6.45, 7) is 4.01. The topological polar surface area (TPSA) is 121 Å². The smallest absolute Gasteiger partial charge is 0.425 e. The van der Waals surface area contributed by atoms with Crippen LogP contribution in [0.3, 0.4) is 0 Å². The van der Waals surface area contributed by atoms with E-state index in [1.165, 1.54) is 12.1 Å². The van der Waals surface area contributed by atoms with E-state index >= 15 is 4.39 Å². The highest BCUT2D eigenvalue weighted by Crippen LogP contribution is 2.34. The third-order valence-electron chi connectivity index (χ3n) is 5.33. The molecule has 9 nitrogen and oxygen atoms in total. The summed E-state index contributed by atoms with van der Waals surface area (Å²) in [6, 6.07) is 3.46. The van der Waals surface area contributed by atoms with Crippen LogP contribution in [0, 0.1) is 12.7 Å². The minimum Gasteiger partial charge on any atom is -0.480 e. The van der Waals surface area contributed by atoms with E-state index in [2.05, 4.69) is 25.9 Å². The number of amides is 1. The Morgan fingerprint density at radius 3 is 2.47 bits per heavy atom. The number of hydrogen-bond donors (Lipinski definition) is 4. The fourth-order valence-corrected chi connectivity index (χ4v) is 4.21. The highest BCUT2D eigenvalue weighted by molar-refractivity contribution is 7.92. The molecule has 4 N–H and O–H groups in total. The molecule has 1 aromatic heterocycles. The minimum atomic E-state index is -4.77. The fourth-order valence-electron chi connectivity index (χ4n) is 3.31. The van der Waals surface area contributed by atoms with Gasteiger partial charge in [-0.05, 0) is 44.5 Å². The summed E-state index contributed by atoms with van der Waals surface area (Å²) >= 11 is 6.10. The average Bonchev–Trinajstić information content (AvgIpc) is 3.06. The lowest BCUT2D eigenvalue weighted by atomic mass is 10.0. The summed E-state index contributed by atoms with van der Waals surface area (Å²) in [5.41, 5.74) is 4.30. The van der Waals surface area contributed by atoms with Gasteiger partial charge >= 0.3 is 6.18 Å². The lowest BCUT2D eigenvalue weighted by Crippen LogP contribution is -2.45. The fraction of sp³-hybridized carbons (Fsp3) is 0.429. The number of ether oxygens (including phenoxy) is 1. The second-order valence-corrected chi connectivity index (χ2v) is 10.6. The number of carbonyl (C=O) groups excluding carboxylic acids is 1. The van der Waals surface area contributed by atoms with Crippen molar-refractivity contribution in [3.05, 3.63) is 41.2 Å². The van der Waals surface area contributed by atoms with Crippen LogP contribution in [-0.4, -0.2) is 55.4 Å². The van der Waals surface area contributed by atoms with Crippen LogP contribution in [-0.2, 0) is 10.0 Å². The maximum atomic E-state index is 15.2. The quantitative estimate of drug-likeness (QED) is 0.236. The number of rotatable bonds is 7. The van der Waals surface area contributed by atoms with Crippen molar-refractivity contribution in [3.8, 4) is 17.0 Å². The van der Waals surface area contributed by atoms with E-state index < -0.39 is 56.9 Å². The zero-order valence-electron chi connectivity index (χ0n) is 19.5. The maximum Gasteiger partial charge on any atom is 0.425 e. The molecule has 3 rings (SSSR count). The molecular weight excluding hydrogens is 530 g/mol. The monoisotopic (exact) mass is 553 g/mol. The molecule has 1 aliphatic rings. The van der Waals surface area contributed by atoms with Gasteiger partial charge in [0.05, 0.1) is 23.6 Å². The van der Waals surface area contributed by atoms with Crippen LogP contribution in [0.15, 0.2) is 24.3 Å². The summed E-state index contributed by atoms with van der Waals surface area (Å²) in [7, 11) is -3.72. The first-order valence-electron chi connectivity index (χ1n) is 10.6. The molecule has 1 aromatic carbocycles. The van der Waals surface area contributed by atoms with Crippen molar-refractivity contribution in [2.75, 3.05) is 11.0 Å². The summed E-state index contributed by atoms with van der Waals surface area (Å²) in [4.78, 5) is 17.0. The second-order valence-electron chi connectivity index (χ2n) is 8.34. The van der Waals surface area contributed by atoms with Crippen LogP contribution in [0.5, 0.6) is 5.75 Å². The van der Waals surface area contributed by atoms with Crippen LogP contribution in [0.4, 0.5) is 23.4 Å². The largest absolute Gasteiger partial charge is 0.480 e. The summed E-state index contributed by atoms with van der Waals surface area (Å²) in [6.07, 6.45) is -6.20. The van der Waals surface area contributed by atoms with Crippen molar-refractivity contribution in [2.24, 2.45) is 0 Å². The zero-order chi connectivity index (χ0) is 27.0. The van der Waals surface area contributed by atoms with E-state index in [9.17, 15) is 26.4 Å². The van der Waals surface area contributed by atoms with Crippen molar-refractivity contribution in [2.45, 2.75) is 50.6 Å². The highest BCUT2D eigenvalue weighted by atomic mass is 35.5. The Kier molecular flexibility index (Phi) is 8.03. The van der Waals surface area contributed by atoms with Gasteiger partial charge in [-0.25, -0.2) is 23.2 Å². The number of aromatic nitrogens is 1. The van der Waals surface area contributed by atoms with Crippen LogP contribution in [0.25, 0.3) is 11.3 Å². The van der Waals surface area contributed by atoms with Crippen molar-refractivity contribution < 1.29 is 35.5 Å². The molecule has 4 atom stereocenters. The average molecular weight is 554 g/mol. The SMILES string of the molecule is Cc1ccc(-c2cc(O[C@@H](C)C(F)(F)F)c(C(=O)NC3C(C)NNC3Cl)cc2F)nc1NS(C)(=O)=O. The molecular formula is C21H24ClF4N5O4S. The summed E-state index contributed by atoms with van der Waals surface area (Å²) in [5.74, 6) is -2.54. The number of hydrogen-bond acceptors (Lipinski definition) is 7. The van der Waals surface area contributed by atoms with Gasteiger partial charge in [0.1, 0.15) is 22.9 Å². The van der Waals surface area contributed by atoms with Crippen molar-refractivity contribution in [3.63, 3.8) is 0 Å². The van der Waals surface area contributed by atoms with E-state index in [1.807, 2.05) is 0 Å². The van der Waals surface area contributed by atoms with Gasteiger partial charge in [-0.3, -0.25) is 14.9 Å². The number of anilines is 1. The van der Waals surface area contributed by atoms with E-state index in [4.69, 9.17) is 16.3 Å². The number of pyridine rings is 1. The molecule has 1 fully saturated rings. The first-order chi connectivity index (χ1) is 16.6. The first-order valence-corrected chi connectivity index (χ1v) is 12.9. The first kappa shape index (κ1) is 27.9. The van der Waals surface area contributed by atoms with Gasteiger partial charge in [0.2, 0.25) is 10.0 Å². The summed E-state index contributed by atoms with van der Waals surface area (Å²) in [5, 5.41) is 2.56. The van der Waals surface area contributed by atoms with E-state index in [1.54, 1.807) is 13.8 Å². The Labute approximate surface area is 210 Å². The van der Waals surface area contributed by atoms with Gasteiger partial charge in [-0.2, -0.15) is 13.2 Å². The standard InChI is InChI=1S/C21H24ClF4N5O4S/c1-9-5-6-15(27-19(9)31-36(4,33)34)12-8-16(35-11(3)21(24,25)26)13(7-14(12)23)20(32)28-17-10(2)29-30-18(17)22/h5-8,10-11,17-18,29-30H,1-4H3,(H,27,31)(H,28,32)/t10?,11-,17?,18?/m0/s1. The normalized spacial score (nSPS) is 21.2. The van der Waals surface area contributed by atoms with Crippen LogP contribution in [0.2, 0.25) is 0 Å².